The molecule has 2 aliphatic rings. The third-order valence-electron chi connectivity index (χ3n) is 6.11. The van der Waals surface area contributed by atoms with Gasteiger partial charge in [0.2, 0.25) is 21.8 Å². The fraction of sp³-hybridized carbons (Fsp3) is 0.417. The van der Waals surface area contributed by atoms with Gasteiger partial charge in [-0.15, -0.1) is 0 Å². The number of nitrogens with zero attached hydrogens (tertiary/aromatic N) is 2. The smallest absolute Gasteiger partial charge is 0.243 e. The number of nitrogens with one attached hydrogen (secondary N) is 1. The zero-order valence-corrected chi connectivity index (χ0v) is 19.7. The van der Waals surface area contributed by atoms with Gasteiger partial charge in [0, 0.05) is 44.2 Å². The largest absolute Gasteiger partial charge is 0.494 e. The summed E-state index contributed by atoms with van der Waals surface area (Å²) in [5, 5.41) is 2.91. The average Bonchev–Trinajstić information content (AvgIpc) is 3.46. The highest BCUT2D eigenvalue weighted by atomic mass is 32.2. The monoisotopic (exact) mass is 471 g/mol. The minimum atomic E-state index is -3.58. The minimum Gasteiger partial charge on any atom is -0.494 e. The van der Waals surface area contributed by atoms with Crippen LogP contribution in [0.15, 0.2) is 47.4 Å². The standard InChI is InChI=1S/C24H29N3O5S/c1-3-32-23-9-5-4-8-18(23)16-25-24(29)22-15-19-14-20(10-11-21(19)27(22)17(2)28)33(30,31)26-12-6-7-13-26/h4-5,8-11,14,22H,3,6-7,12-13,15-16H2,1-2H3,(H,25,29). The summed E-state index contributed by atoms with van der Waals surface area (Å²) in [6.45, 7) is 5.13. The van der Waals surface area contributed by atoms with Crippen molar-refractivity contribution in [1.29, 1.82) is 0 Å². The molecule has 0 radical (unpaired) electrons. The van der Waals surface area contributed by atoms with Crippen LogP contribution in [0.2, 0.25) is 0 Å². The van der Waals surface area contributed by atoms with E-state index in [9.17, 15) is 18.0 Å². The molecule has 1 fully saturated rings. The normalized spacial score (nSPS) is 18.2. The number of amides is 2. The number of rotatable bonds is 7. The van der Waals surface area contributed by atoms with E-state index in [1.807, 2.05) is 31.2 Å². The van der Waals surface area contributed by atoms with Gasteiger partial charge < -0.3 is 10.1 Å². The number of ether oxygens (including phenoxy) is 1. The maximum Gasteiger partial charge on any atom is 0.243 e. The van der Waals surface area contributed by atoms with Crippen LogP contribution in [0.25, 0.3) is 0 Å². The average molecular weight is 472 g/mol. The molecule has 2 aromatic carbocycles. The Bertz CT molecular complexity index is 1160. The fourth-order valence-electron chi connectivity index (χ4n) is 4.51. The van der Waals surface area contributed by atoms with E-state index < -0.39 is 16.1 Å². The van der Waals surface area contributed by atoms with Gasteiger partial charge in [0.1, 0.15) is 11.8 Å². The third-order valence-corrected chi connectivity index (χ3v) is 8.00. The molecule has 33 heavy (non-hydrogen) atoms. The summed E-state index contributed by atoms with van der Waals surface area (Å²) in [5.74, 6) is 0.144. The van der Waals surface area contributed by atoms with Gasteiger partial charge in [-0.05, 0) is 49.6 Å². The van der Waals surface area contributed by atoms with Crippen LogP contribution in [0.5, 0.6) is 5.75 Å². The van der Waals surface area contributed by atoms with E-state index in [1.54, 1.807) is 12.1 Å². The summed E-state index contributed by atoms with van der Waals surface area (Å²) in [6.07, 6.45) is 1.98. The van der Waals surface area contributed by atoms with Crippen LogP contribution in [0.1, 0.15) is 37.8 Å². The Morgan fingerprint density at radius 3 is 2.55 bits per heavy atom. The first-order valence-corrected chi connectivity index (χ1v) is 12.7. The molecule has 176 valence electrons. The van der Waals surface area contributed by atoms with Crippen LogP contribution in [-0.2, 0) is 32.6 Å². The van der Waals surface area contributed by atoms with Gasteiger partial charge in [-0.3, -0.25) is 14.5 Å². The first kappa shape index (κ1) is 23.3. The van der Waals surface area contributed by atoms with E-state index in [4.69, 9.17) is 4.74 Å². The molecular formula is C24H29N3O5S. The lowest BCUT2D eigenvalue weighted by Crippen LogP contribution is -2.47. The second kappa shape index (κ2) is 9.52. The van der Waals surface area contributed by atoms with Crippen LogP contribution in [0.3, 0.4) is 0 Å². The molecule has 2 amide bonds. The van der Waals surface area contributed by atoms with Crippen LogP contribution in [0.4, 0.5) is 5.69 Å². The van der Waals surface area contributed by atoms with E-state index in [-0.39, 0.29) is 29.7 Å². The van der Waals surface area contributed by atoms with Crippen molar-refractivity contribution in [3.8, 4) is 5.75 Å². The number of para-hydroxylation sites is 1. The zero-order valence-electron chi connectivity index (χ0n) is 18.9. The molecule has 9 heteroatoms. The van der Waals surface area contributed by atoms with Crippen LogP contribution in [-0.4, -0.2) is 50.3 Å². The van der Waals surface area contributed by atoms with Gasteiger partial charge in [0.25, 0.3) is 0 Å². The molecule has 1 atom stereocenters. The third kappa shape index (κ3) is 4.60. The van der Waals surface area contributed by atoms with Crippen molar-refractivity contribution in [1.82, 2.24) is 9.62 Å². The molecule has 0 bridgehead atoms. The highest BCUT2D eigenvalue weighted by molar-refractivity contribution is 7.89. The highest BCUT2D eigenvalue weighted by Crippen LogP contribution is 2.35. The number of benzene rings is 2. The summed E-state index contributed by atoms with van der Waals surface area (Å²) in [7, 11) is -3.58. The summed E-state index contributed by atoms with van der Waals surface area (Å²) < 4.78 is 33.0. The van der Waals surface area contributed by atoms with E-state index >= 15 is 0 Å². The van der Waals surface area contributed by atoms with Gasteiger partial charge in [0.05, 0.1) is 11.5 Å². The number of hydrogen-bond donors (Lipinski definition) is 1. The van der Waals surface area contributed by atoms with Gasteiger partial charge in [0.15, 0.2) is 0 Å². The molecule has 0 aliphatic carbocycles. The van der Waals surface area contributed by atoms with E-state index in [0.29, 0.717) is 36.7 Å². The number of sulfonamides is 1. The molecule has 1 unspecified atom stereocenters. The van der Waals surface area contributed by atoms with Crippen molar-refractivity contribution in [2.45, 2.75) is 50.6 Å². The lowest BCUT2D eigenvalue weighted by molar-refractivity contribution is -0.125. The maximum absolute atomic E-state index is 13.1. The van der Waals surface area contributed by atoms with Gasteiger partial charge in [-0.25, -0.2) is 8.42 Å². The fourth-order valence-corrected chi connectivity index (χ4v) is 6.08. The van der Waals surface area contributed by atoms with Crippen molar-refractivity contribution in [3.05, 3.63) is 53.6 Å². The lowest BCUT2D eigenvalue weighted by atomic mass is 10.1. The maximum atomic E-state index is 13.1. The molecular weight excluding hydrogens is 442 g/mol. The molecule has 4 rings (SSSR count). The number of anilines is 1. The Kier molecular flexibility index (Phi) is 6.71. The first-order valence-electron chi connectivity index (χ1n) is 11.2. The van der Waals surface area contributed by atoms with Crippen molar-refractivity contribution in [2.75, 3.05) is 24.6 Å². The topological polar surface area (TPSA) is 96.0 Å². The summed E-state index contributed by atoms with van der Waals surface area (Å²) in [5.41, 5.74) is 2.11. The SMILES string of the molecule is CCOc1ccccc1CNC(=O)C1Cc2cc(S(=O)(=O)N3CCCC3)ccc2N1C(C)=O. The molecule has 1 saturated heterocycles. The quantitative estimate of drug-likeness (QED) is 0.669. The molecule has 2 aliphatic heterocycles. The predicted molar refractivity (Wildman–Crippen MR) is 125 cm³/mol. The minimum absolute atomic E-state index is 0.207. The summed E-state index contributed by atoms with van der Waals surface area (Å²) in [4.78, 5) is 27.2. The molecule has 2 aromatic rings. The number of fused-ring (bicyclic) bond motifs is 1. The summed E-state index contributed by atoms with van der Waals surface area (Å²) in [6, 6.07) is 11.5. The van der Waals surface area contributed by atoms with E-state index in [1.165, 1.54) is 22.2 Å². The number of hydrogen-bond acceptors (Lipinski definition) is 5. The second-order valence-corrected chi connectivity index (χ2v) is 10.2. The first-order chi connectivity index (χ1) is 15.8. The van der Waals surface area contributed by atoms with E-state index in [2.05, 4.69) is 5.32 Å². The van der Waals surface area contributed by atoms with Gasteiger partial charge in [-0.1, -0.05) is 18.2 Å². The van der Waals surface area contributed by atoms with Crippen LogP contribution < -0.4 is 15.0 Å². The molecule has 8 nitrogen and oxygen atoms in total. The molecule has 0 saturated carbocycles. The Morgan fingerprint density at radius 2 is 1.85 bits per heavy atom. The molecule has 0 aromatic heterocycles. The van der Waals surface area contributed by atoms with Crippen molar-refractivity contribution >= 4 is 27.5 Å². The Labute approximate surface area is 194 Å². The van der Waals surface area contributed by atoms with Crippen molar-refractivity contribution in [3.63, 3.8) is 0 Å². The Balaban J connectivity index is 1.54. The highest BCUT2D eigenvalue weighted by Gasteiger charge is 2.38. The molecule has 0 spiro atoms. The number of carbonyl (C=O) groups excluding carboxylic acids is 2. The Morgan fingerprint density at radius 1 is 1.12 bits per heavy atom. The number of carbonyl (C=O) groups is 2. The zero-order chi connectivity index (χ0) is 23.6. The molecule has 1 N–H and O–H groups in total. The van der Waals surface area contributed by atoms with Gasteiger partial charge in [-0.2, -0.15) is 4.31 Å². The van der Waals surface area contributed by atoms with E-state index in [0.717, 1.165) is 18.4 Å². The van der Waals surface area contributed by atoms with Gasteiger partial charge >= 0.3 is 0 Å². The second-order valence-electron chi connectivity index (χ2n) is 8.27. The summed E-state index contributed by atoms with van der Waals surface area (Å²) >= 11 is 0. The lowest BCUT2D eigenvalue weighted by Gasteiger charge is -2.24. The van der Waals surface area contributed by atoms with Crippen molar-refractivity contribution in [2.24, 2.45) is 0 Å². The predicted octanol–water partition coefficient (Wildman–Crippen LogP) is 2.46. The Hall–Kier alpha value is -2.91. The molecule has 2 heterocycles. The van der Waals surface area contributed by atoms with Crippen LogP contribution >= 0.6 is 0 Å². The van der Waals surface area contributed by atoms with Crippen LogP contribution in [0, 0.1) is 0 Å². The van der Waals surface area contributed by atoms with Crippen molar-refractivity contribution < 1.29 is 22.7 Å².